The molecule has 1 unspecified atom stereocenters. The molecule has 1 aliphatic rings. The van der Waals surface area contributed by atoms with Crippen molar-refractivity contribution in [3.8, 4) is 11.1 Å². The number of ketones is 2. The summed E-state index contributed by atoms with van der Waals surface area (Å²) in [5.74, 6) is -2.67. The molecule has 138 valence electrons. The van der Waals surface area contributed by atoms with Crippen molar-refractivity contribution in [1.29, 1.82) is 0 Å². The Hall–Kier alpha value is -3.28. The van der Waals surface area contributed by atoms with Crippen LogP contribution in [-0.2, 0) is 20.9 Å². The molecule has 1 heterocycles. The summed E-state index contributed by atoms with van der Waals surface area (Å²) in [5.41, 5.74) is 3.34. The van der Waals surface area contributed by atoms with Crippen molar-refractivity contribution in [1.82, 2.24) is 10.2 Å². The number of rotatable bonds is 5. The van der Waals surface area contributed by atoms with Gasteiger partial charge in [-0.2, -0.15) is 0 Å². The summed E-state index contributed by atoms with van der Waals surface area (Å²) in [6.45, 7) is 1.89. The summed E-state index contributed by atoms with van der Waals surface area (Å²) in [7, 11) is 1.51. The molecular formula is C21H20N2O4. The molecule has 0 saturated carbocycles. The second kappa shape index (κ2) is 7.53. The predicted molar refractivity (Wildman–Crippen MR) is 99.9 cm³/mol. The van der Waals surface area contributed by atoms with E-state index in [2.05, 4.69) is 5.32 Å². The molecule has 6 nitrogen and oxygen atoms in total. The summed E-state index contributed by atoms with van der Waals surface area (Å²) in [4.78, 5) is 48.4. The van der Waals surface area contributed by atoms with Crippen molar-refractivity contribution < 1.29 is 19.2 Å². The molecule has 0 radical (unpaired) electrons. The van der Waals surface area contributed by atoms with E-state index in [-0.39, 0.29) is 18.9 Å². The highest BCUT2D eigenvalue weighted by Crippen LogP contribution is 2.22. The topological polar surface area (TPSA) is 83.6 Å². The van der Waals surface area contributed by atoms with Crippen LogP contribution in [0.2, 0.25) is 0 Å². The van der Waals surface area contributed by atoms with Gasteiger partial charge in [-0.15, -0.1) is 0 Å². The van der Waals surface area contributed by atoms with Crippen LogP contribution in [0.15, 0.2) is 48.5 Å². The zero-order valence-electron chi connectivity index (χ0n) is 15.2. The van der Waals surface area contributed by atoms with Gasteiger partial charge >= 0.3 is 0 Å². The third-order valence-electron chi connectivity index (χ3n) is 4.64. The molecule has 6 heteroatoms. The summed E-state index contributed by atoms with van der Waals surface area (Å²) in [6.07, 6.45) is 0. The zero-order chi connectivity index (χ0) is 19.6. The van der Waals surface area contributed by atoms with Crippen molar-refractivity contribution in [3.05, 3.63) is 59.7 Å². The summed E-state index contributed by atoms with van der Waals surface area (Å²) in [5, 5.41) is 2.73. The number of hydrogen-bond donors (Lipinski definition) is 1. The van der Waals surface area contributed by atoms with E-state index in [1.807, 2.05) is 42.5 Å². The van der Waals surface area contributed by atoms with Crippen LogP contribution in [0.3, 0.4) is 0 Å². The maximum Gasteiger partial charge on any atom is 0.290 e. The number of nitrogens with one attached hydrogen (secondary N) is 1. The molecule has 1 N–H and O–H groups in total. The molecule has 0 bridgehead atoms. The number of nitrogens with zero attached hydrogens (tertiary/aromatic N) is 1. The molecule has 1 saturated heterocycles. The van der Waals surface area contributed by atoms with Crippen LogP contribution < -0.4 is 5.32 Å². The van der Waals surface area contributed by atoms with Crippen LogP contribution in [0, 0.1) is 5.92 Å². The first-order chi connectivity index (χ1) is 12.9. The van der Waals surface area contributed by atoms with Crippen molar-refractivity contribution in [3.63, 3.8) is 0 Å². The van der Waals surface area contributed by atoms with E-state index < -0.39 is 23.5 Å². The Morgan fingerprint density at radius 2 is 1.74 bits per heavy atom. The molecule has 3 rings (SSSR count). The number of amides is 2. The van der Waals surface area contributed by atoms with E-state index in [1.165, 1.54) is 18.9 Å². The molecule has 1 aliphatic heterocycles. The molecular weight excluding hydrogens is 344 g/mol. The molecule has 2 aromatic rings. The Kier molecular flexibility index (Phi) is 5.16. The second-order valence-electron chi connectivity index (χ2n) is 6.66. The number of Topliss-reactive ketones (excluding diaryl/α,β-unsaturated/α-hetero) is 2. The van der Waals surface area contributed by atoms with Gasteiger partial charge in [-0.25, -0.2) is 0 Å². The maximum absolute atomic E-state index is 12.2. The van der Waals surface area contributed by atoms with Crippen LogP contribution >= 0.6 is 0 Å². The molecule has 1 fully saturated rings. The van der Waals surface area contributed by atoms with Crippen molar-refractivity contribution in [2.24, 2.45) is 5.92 Å². The van der Waals surface area contributed by atoms with Gasteiger partial charge in [-0.1, -0.05) is 36.4 Å². The Morgan fingerprint density at radius 1 is 1.07 bits per heavy atom. The fourth-order valence-corrected chi connectivity index (χ4v) is 3.07. The molecule has 0 aliphatic carbocycles. The predicted octanol–water partition coefficient (Wildman–Crippen LogP) is 1.83. The second-order valence-corrected chi connectivity index (χ2v) is 6.66. The lowest BCUT2D eigenvalue weighted by Crippen LogP contribution is -2.35. The highest BCUT2D eigenvalue weighted by atomic mass is 16.2. The van der Waals surface area contributed by atoms with Gasteiger partial charge < -0.3 is 10.2 Å². The SMILES string of the molecule is CC(=O)c1cccc(-c2cccc(CNC(=O)C3CN(C)C(=O)C3=O)c2)c1. The van der Waals surface area contributed by atoms with Crippen molar-refractivity contribution >= 4 is 23.4 Å². The Morgan fingerprint density at radius 3 is 2.37 bits per heavy atom. The van der Waals surface area contributed by atoms with Crippen molar-refractivity contribution in [2.45, 2.75) is 13.5 Å². The lowest BCUT2D eigenvalue weighted by atomic mass is 10.00. The fraction of sp³-hybridized carbons (Fsp3) is 0.238. The Bertz CT molecular complexity index is 935. The van der Waals surface area contributed by atoms with E-state index in [9.17, 15) is 19.2 Å². The van der Waals surface area contributed by atoms with Gasteiger partial charge in [-0.3, -0.25) is 19.2 Å². The van der Waals surface area contributed by atoms with E-state index in [0.29, 0.717) is 5.56 Å². The molecule has 0 spiro atoms. The van der Waals surface area contributed by atoms with Gasteiger partial charge in [0.15, 0.2) is 5.78 Å². The lowest BCUT2D eigenvalue weighted by molar-refractivity contribution is -0.142. The van der Waals surface area contributed by atoms with Crippen LogP contribution in [-0.4, -0.2) is 41.9 Å². The average Bonchev–Trinajstić information content (AvgIpc) is 2.94. The largest absolute Gasteiger partial charge is 0.351 e. The zero-order valence-corrected chi connectivity index (χ0v) is 15.2. The minimum atomic E-state index is -0.946. The van der Waals surface area contributed by atoms with Gasteiger partial charge in [0.1, 0.15) is 5.92 Å². The molecule has 0 aromatic heterocycles. The molecule has 27 heavy (non-hydrogen) atoms. The van der Waals surface area contributed by atoms with Crippen LogP contribution in [0.1, 0.15) is 22.8 Å². The van der Waals surface area contributed by atoms with Gasteiger partial charge in [0.2, 0.25) is 11.7 Å². The van der Waals surface area contributed by atoms with Gasteiger partial charge in [0, 0.05) is 25.7 Å². The number of hydrogen-bond acceptors (Lipinski definition) is 4. The van der Waals surface area contributed by atoms with Crippen LogP contribution in [0.25, 0.3) is 11.1 Å². The van der Waals surface area contributed by atoms with Gasteiger partial charge in [-0.05, 0) is 35.7 Å². The minimum Gasteiger partial charge on any atom is -0.351 e. The van der Waals surface area contributed by atoms with E-state index in [0.717, 1.165) is 16.7 Å². The van der Waals surface area contributed by atoms with E-state index in [1.54, 1.807) is 6.07 Å². The van der Waals surface area contributed by atoms with E-state index in [4.69, 9.17) is 0 Å². The smallest absolute Gasteiger partial charge is 0.290 e. The van der Waals surface area contributed by atoms with E-state index >= 15 is 0 Å². The minimum absolute atomic E-state index is 0.000939. The summed E-state index contributed by atoms with van der Waals surface area (Å²) >= 11 is 0. The first-order valence-corrected chi connectivity index (χ1v) is 8.64. The Balaban J connectivity index is 1.71. The fourth-order valence-electron chi connectivity index (χ4n) is 3.07. The van der Waals surface area contributed by atoms with Crippen molar-refractivity contribution in [2.75, 3.05) is 13.6 Å². The lowest BCUT2D eigenvalue weighted by Gasteiger charge is -2.11. The highest BCUT2D eigenvalue weighted by molar-refractivity contribution is 6.42. The first-order valence-electron chi connectivity index (χ1n) is 8.64. The molecule has 2 amide bonds. The number of benzene rings is 2. The quantitative estimate of drug-likeness (QED) is 0.498. The van der Waals surface area contributed by atoms with Gasteiger partial charge in [0.25, 0.3) is 5.91 Å². The summed E-state index contributed by atoms with van der Waals surface area (Å²) < 4.78 is 0. The normalized spacial score (nSPS) is 16.5. The first kappa shape index (κ1) is 18.5. The third kappa shape index (κ3) is 3.95. The number of carbonyl (C=O) groups is 4. The number of likely N-dealkylation sites (N-methyl/N-ethyl adjacent to an activating group) is 1. The standard InChI is InChI=1S/C21H20N2O4/c1-13(24)15-6-4-8-17(10-15)16-7-3-5-14(9-16)11-22-20(26)18-12-23(2)21(27)19(18)25/h3-10,18H,11-12H2,1-2H3,(H,22,26). The average molecular weight is 364 g/mol. The van der Waals surface area contributed by atoms with Crippen LogP contribution in [0.5, 0.6) is 0 Å². The molecule has 1 atom stereocenters. The number of carbonyl (C=O) groups excluding carboxylic acids is 4. The van der Waals surface area contributed by atoms with Gasteiger partial charge in [0.05, 0.1) is 0 Å². The molecule has 2 aromatic carbocycles. The summed E-state index contributed by atoms with van der Waals surface area (Å²) in [6, 6.07) is 14.9. The Labute approximate surface area is 157 Å². The highest BCUT2D eigenvalue weighted by Gasteiger charge is 2.41. The third-order valence-corrected chi connectivity index (χ3v) is 4.64. The number of likely N-dealkylation sites (tertiary alicyclic amines) is 1. The van der Waals surface area contributed by atoms with Crippen LogP contribution in [0.4, 0.5) is 0 Å². The monoisotopic (exact) mass is 364 g/mol. The maximum atomic E-state index is 12.2.